The number of nitrogens with one attached hydrogen (secondary N) is 1. The highest BCUT2D eigenvalue weighted by Crippen LogP contribution is 2.23. The molecule has 0 spiro atoms. The van der Waals surface area contributed by atoms with Gasteiger partial charge >= 0.3 is 10.0 Å². The van der Waals surface area contributed by atoms with Crippen LogP contribution in [0.1, 0.15) is 23.3 Å². The second-order valence-corrected chi connectivity index (χ2v) is 8.40. The highest BCUT2D eigenvalue weighted by molar-refractivity contribution is 9.10. The molecule has 0 amide bonds. The molecule has 0 saturated carbocycles. The van der Waals surface area contributed by atoms with E-state index in [4.69, 9.17) is 0 Å². The Morgan fingerprint density at radius 3 is 2.55 bits per heavy atom. The van der Waals surface area contributed by atoms with Gasteiger partial charge in [0, 0.05) is 10.0 Å². The number of fused-ring (bicyclic) bond motifs is 1. The summed E-state index contributed by atoms with van der Waals surface area (Å²) in [5, 5.41) is 0. The van der Waals surface area contributed by atoms with Gasteiger partial charge in [0.2, 0.25) is 6.20 Å². The van der Waals surface area contributed by atoms with Gasteiger partial charge in [-0.1, -0.05) is 20.8 Å². The van der Waals surface area contributed by atoms with E-state index >= 15 is 0 Å². The zero-order valence-electron chi connectivity index (χ0n) is 10.7. The number of aromatic nitrogens is 1. The first-order chi connectivity index (χ1) is 9.54. The molecule has 0 saturated heterocycles. The molecule has 0 radical (unpaired) electrons. The fourth-order valence-corrected chi connectivity index (χ4v) is 4.78. The van der Waals surface area contributed by atoms with Crippen molar-refractivity contribution in [1.82, 2.24) is 0 Å². The van der Waals surface area contributed by atoms with Gasteiger partial charge < -0.3 is 0 Å². The number of benzene rings is 1. The molecule has 1 heterocycles. The summed E-state index contributed by atoms with van der Waals surface area (Å²) >= 11 is 4.78. The molecule has 1 aromatic heterocycles. The molecule has 7 heteroatoms. The van der Waals surface area contributed by atoms with Gasteiger partial charge in [0.1, 0.15) is 0 Å². The highest BCUT2D eigenvalue weighted by atomic mass is 79.9. The zero-order valence-corrected chi connectivity index (χ0v) is 13.9. The van der Waals surface area contributed by atoms with Crippen LogP contribution in [-0.4, -0.2) is 8.42 Å². The lowest BCUT2D eigenvalue weighted by Gasteiger charge is -2.04. The molecule has 0 unspecified atom stereocenters. The number of sulfonamides is 1. The molecule has 0 aliphatic heterocycles. The van der Waals surface area contributed by atoms with Gasteiger partial charge in [0.05, 0.1) is 9.77 Å². The summed E-state index contributed by atoms with van der Waals surface area (Å²) < 4.78 is 27.0. The Kier molecular flexibility index (Phi) is 3.83. The molecular formula is C13H14BrN2O2S2+. The van der Waals surface area contributed by atoms with Gasteiger partial charge in [0.15, 0.2) is 11.5 Å². The fraction of sp³-hybridized carbons (Fsp3) is 0.308. The monoisotopic (exact) mass is 373 g/mol. The number of hydrogen-bond donors (Lipinski definition) is 1. The van der Waals surface area contributed by atoms with E-state index in [1.165, 1.54) is 34.8 Å². The molecule has 20 heavy (non-hydrogen) atoms. The number of halogens is 1. The van der Waals surface area contributed by atoms with E-state index in [1.54, 1.807) is 28.3 Å². The average molecular weight is 374 g/mol. The maximum absolute atomic E-state index is 12.3. The predicted octanol–water partition coefficient (Wildman–Crippen LogP) is 2.61. The van der Waals surface area contributed by atoms with Crippen molar-refractivity contribution in [2.45, 2.75) is 30.6 Å². The van der Waals surface area contributed by atoms with E-state index < -0.39 is 10.0 Å². The summed E-state index contributed by atoms with van der Waals surface area (Å²) in [5.74, 6) is 0. The van der Waals surface area contributed by atoms with E-state index in [-0.39, 0.29) is 4.90 Å². The van der Waals surface area contributed by atoms with Crippen molar-refractivity contribution in [2.24, 2.45) is 0 Å². The molecule has 0 fully saturated rings. The van der Waals surface area contributed by atoms with E-state index in [0.29, 0.717) is 0 Å². The van der Waals surface area contributed by atoms with E-state index in [1.807, 2.05) is 6.20 Å². The third-order valence-electron chi connectivity index (χ3n) is 3.27. The van der Waals surface area contributed by atoms with Crippen LogP contribution in [0.3, 0.4) is 0 Å². The SMILES string of the molecule is O=S(=O)(N[n+]1cc2c(s1)CCCC2)c1ccc(Br)cc1. The first kappa shape index (κ1) is 14.0. The molecule has 0 bridgehead atoms. The van der Waals surface area contributed by atoms with Crippen LogP contribution in [0.2, 0.25) is 0 Å². The van der Waals surface area contributed by atoms with E-state index in [0.717, 1.165) is 17.3 Å². The molecular weight excluding hydrogens is 360 g/mol. The van der Waals surface area contributed by atoms with Crippen molar-refractivity contribution < 1.29 is 12.5 Å². The lowest BCUT2D eigenvalue weighted by Crippen LogP contribution is -2.44. The lowest BCUT2D eigenvalue weighted by molar-refractivity contribution is -0.564. The van der Waals surface area contributed by atoms with Gasteiger partial charge in [-0.15, -0.1) is 0 Å². The molecule has 106 valence electrons. The van der Waals surface area contributed by atoms with Crippen molar-refractivity contribution in [3.05, 3.63) is 45.4 Å². The number of aryl methyl sites for hydroxylation is 2. The predicted molar refractivity (Wildman–Crippen MR) is 81.8 cm³/mol. The Bertz CT molecular complexity index is 700. The number of nitrogens with zero attached hydrogens (tertiary/aromatic N) is 1. The molecule has 2 aromatic rings. The minimum atomic E-state index is -3.53. The average Bonchev–Trinajstić information content (AvgIpc) is 2.80. The van der Waals surface area contributed by atoms with Crippen LogP contribution in [0.4, 0.5) is 0 Å². The molecule has 4 nitrogen and oxygen atoms in total. The Morgan fingerprint density at radius 1 is 1.15 bits per heavy atom. The van der Waals surface area contributed by atoms with Crippen LogP contribution in [0.25, 0.3) is 0 Å². The molecule has 3 rings (SSSR count). The summed E-state index contributed by atoms with van der Waals surface area (Å²) in [5.41, 5.74) is 1.26. The van der Waals surface area contributed by atoms with Crippen LogP contribution < -0.4 is 8.90 Å². The van der Waals surface area contributed by atoms with Gasteiger partial charge in [-0.2, -0.15) is 8.42 Å². The van der Waals surface area contributed by atoms with Crippen molar-refractivity contribution in [3.8, 4) is 0 Å². The van der Waals surface area contributed by atoms with Gasteiger partial charge in [-0.25, -0.2) is 0 Å². The Morgan fingerprint density at radius 2 is 1.85 bits per heavy atom. The second kappa shape index (κ2) is 5.46. The minimum absolute atomic E-state index is 0.263. The largest absolute Gasteiger partial charge is 0.307 e. The first-order valence-corrected chi connectivity index (χ1v) is 9.42. The summed E-state index contributed by atoms with van der Waals surface area (Å²) in [4.78, 5) is 4.15. The van der Waals surface area contributed by atoms with Crippen molar-refractivity contribution in [2.75, 3.05) is 4.83 Å². The fourth-order valence-electron chi connectivity index (χ4n) is 2.26. The van der Waals surface area contributed by atoms with Crippen LogP contribution >= 0.6 is 27.5 Å². The Balaban J connectivity index is 1.86. The smallest absolute Gasteiger partial charge is 0.197 e. The van der Waals surface area contributed by atoms with Crippen LogP contribution in [-0.2, 0) is 22.9 Å². The standard InChI is InChI=1S/C13H14BrN2O2S2/c14-11-5-7-12(8-6-11)20(17,18)15-16-9-10-3-1-2-4-13(10)19-16/h5-9,15H,1-4H2/q+1. The maximum atomic E-state index is 12.3. The third kappa shape index (κ3) is 2.89. The quantitative estimate of drug-likeness (QED) is 0.840. The molecule has 1 N–H and O–H groups in total. The van der Waals surface area contributed by atoms with Gasteiger partial charge in [0.25, 0.3) is 0 Å². The van der Waals surface area contributed by atoms with Gasteiger partial charge in [-0.3, -0.25) is 0 Å². The van der Waals surface area contributed by atoms with Crippen LogP contribution in [0.15, 0.2) is 39.8 Å². The maximum Gasteiger partial charge on any atom is 0.307 e. The Hall–Kier alpha value is -0.920. The summed E-state index contributed by atoms with van der Waals surface area (Å²) in [6.45, 7) is 0. The molecule has 1 aliphatic rings. The van der Waals surface area contributed by atoms with Crippen LogP contribution in [0, 0.1) is 0 Å². The lowest BCUT2D eigenvalue weighted by atomic mass is 10.0. The third-order valence-corrected chi connectivity index (χ3v) is 6.33. The Labute approximate surface area is 130 Å². The second-order valence-electron chi connectivity index (χ2n) is 4.75. The number of hydrogen-bond acceptors (Lipinski definition) is 3. The summed E-state index contributed by atoms with van der Waals surface area (Å²) in [6.07, 6.45) is 6.36. The minimum Gasteiger partial charge on any atom is -0.197 e. The summed E-state index contributed by atoms with van der Waals surface area (Å²) in [7, 11) is -3.53. The molecule has 1 aliphatic carbocycles. The normalized spacial score (nSPS) is 14.8. The highest BCUT2D eigenvalue weighted by Gasteiger charge is 2.24. The number of rotatable bonds is 3. The molecule has 1 aromatic carbocycles. The van der Waals surface area contributed by atoms with Crippen LogP contribution in [0.5, 0.6) is 0 Å². The topological polar surface area (TPSA) is 50.1 Å². The van der Waals surface area contributed by atoms with E-state index in [2.05, 4.69) is 20.8 Å². The molecule has 0 atom stereocenters. The van der Waals surface area contributed by atoms with E-state index in [9.17, 15) is 8.42 Å². The first-order valence-electron chi connectivity index (χ1n) is 6.37. The summed E-state index contributed by atoms with van der Waals surface area (Å²) in [6, 6.07) is 6.61. The zero-order chi connectivity index (χ0) is 14.2. The van der Waals surface area contributed by atoms with Crippen molar-refractivity contribution >= 4 is 37.5 Å². The van der Waals surface area contributed by atoms with Crippen molar-refractivity contribution in [3.63, 3.8) is 0 Å². The van der Waals surface area contributed by atoms with Gasteiger partial charge in [-0.05, 0) is 54.0 Å². The van der Waals surface area contributed by atoms with Crippen molar-refractivity contribution in [1.29, 1.82) is 0 Å².